The Bertz CT molecular complexity index is 1270. The minimum absolute atomic E-state index is 0.202. The second-order valence-corrected chi connectivity index (χ2v) is 9.11. The largest absolute Gasteiger partial charge is 0.489 e. The summed E-state index contributed by atoms with van der Waals surface area (Å²) in [6.07, 6.45) is 1.07. The molecular formula is C23H22N2O6S. The van der Waals surface area contributed by atoms with E-state index in [-0.39, 0.29) is 12.7 Å². The zero-order valence-corrected chi connectivity index (χ0v) is 18.4. The van der Waals surface area contributed by atoms with E-state index in [9.17, 15) is 13.2 Å². The van der Waals surface area contributed by atoms with Gasteiger partial charge in [-0.25, -0.2) is 8.42 Å². The summed E-state index contributed by atoms with van der Waals surface area (Å²) in [6.45, 7) is 2.27. The first-order valence-corrected chi connectivity index (χ1v) is 11.7. The van der Waals surface area contributed by atoms with Crippen molar-refractivity contribution in [2.75, 3.05) is 23.1 Å². The van der Waals surface area contributed by atoms with Gasteiger partial charge in [-0.3, -0.25) is 9.52 Å². The van der Waals surface area contributed by atoms with E-state index in [1.807, 2.05) is 18.2 Å². The highest BCUT2D eigenvalue weighted by molar-refractivity contribution is 7.92. The smallest absolute Gasteiger partial charge is 0.255 e. The number of fused-ring (bicyclic) bond motifs is 1. The van der Waals surface area contributed by atoms with Crippen LogP contribution in [0.3, 0.4) is 0 Å². The molecule has 32 heavy (non-hydrogen) atoms. The van der Waals surface area contributed by atoms with Gasteiger partial charge in [0.25, 0.3) is 5.91 Å². The highest BCUT2D eigenvalue weighted by atomic mass is 32.2. The minimum Gasteiger partial charge on any atom is -0.489 e. The molecule has 0 spiro atoms. The summed E-state index contributed by atoms with van der Waals surface area (Å²) in [5, 5.41) is 2.83. The van der Waals surface area contributed by atoms with Crippen molar-refractivity contribution < 1.29 is 27.4 Å². The molecule has 3 aromatic rings. The van der Waals surface area contributed by atoms with E-state index in [1.165, 1.54) is 6.07 Å². The summed E-state index contributed by atoms with van der Waals surface area (Å²) >= 11 is 0. The Morgan fingerprint density at radius 1 is 1.03 bits per heavy atom. The zero-order chi connectivity index (χ0) is 22.7. The Balaban J connectivity index is 1.42. The number of ether oxygens (including phenoxy) is 3. The van der Waals surface area contributed by atoms with Crippen molar-refractivity contribution in [1.82, 2.24) is 0 Å². The number of carbonyl (C=O) groups is 1. The average Bonchev–Trinajstić information content (AvgIpc) is 3.21. The van der Waals surface area contributed by atoms with Crippen LogP contribution in [0.1, 0.15) is 21.5 Å². The fraction of sp³-hybridized carbons (Fsp3) is 0.174. The number of carbonyl (C=O) groups excluding carboxylic acids is 1. The molecule has 166 valence electrons. The highest BCUT2D eigenvalue weighted by Crippen LogP contribution is 2.35. The summed E-state index contributed by atoms with van der Waals surface area (Å²) in [5.41, 5.74) is 2.88. The zero-order valence-electron chi connectivity index (χ0n) is 17.5. The normalized spacial score (nSPS) is 12.3. The van der Waals surface area contributed by atoms with Crippen molar-refractivity contribution >= 4 is 27.3 Å². The molecule has 1 heterocycles. The number of hydrogen-bond acceptors (Lipinski definition) is 6. The van der Waals surface area contributed by atoms with Crippen LogP contribution < -0.4 is 24.2 Å². The third-order valence-electron chi connectivity index (χ3n) is 4.73. The fourth-order valence-electron chi connectivity index (χ4n) is 3.15. The highest BCUT2D eigenvalue weighted by Gasteiger charge is 2.14. The molecule has 3 aromatic carbocycles. The predicted octanol–water partition coefficient (Wildman–Crippen LogP) is 3.93. The lowest BCUT2D eigenvalue weighted by Gasteiger charge is -2.12. The molecule has 1 aliphatic heterocycles. The van der Waals surface area contributed by atoms with Crippen LogP contribution in [0.25, 0.3) is 0 Å². The van der Waals surface area contributed by atoms with Gasteiger partial charge in [0, 0.05) is 17.3 Å². The Morgan fingerprint density at radius 2 is 1.84 bits per heavy atom. The maximum atomic E-state index is 12.7. The summed E-state index contributed by atoms with van der Waals surface area (Å²) in [6, 6.07) is 17.5. The maximum absolute atomic E-state index is 12.7. The van der Waals surface area contributed by atoms with Crippen molar-refractivity contribution in [2.24, 2.45) is 0 Å². The van der Waals surface area contributed by atoms with Crippen LogP contribution in [-0.4, -0.2) is 27.4 Å². The van der Waals surface area contributed by atoms with E-state index in [0.29, 0.717) is 40.8 Å². The summed E-state index contributed by atoms with van der Waals surface area (Å²) in [7, 11) is -3.45. The third-order valence-corrected chi connectivity index (χ3v) is 5.32. The molecule has 0 aromatic heterocycles. The van der Waals surface area contributed by atoms with Gasteiger partial charge in [0.1, 0.15) is 12.4 Å². The van der Waals surface area contributed by atoms with Crippen LogP contribution in [0.4, 0.5) is 11.4 Å². The van der Waals surface area contributed by atoms with Crippen molar-refractivity contribution in [3.8, 4) is 17.2 Å². The molecule has 0 aliphatic carbocycles. The molecule has 0 fully saturated rings. The van der Waals surface area contributed by atoms with E-state index in [0.717, 1.165) is 17.4 Å². The number of anilines is 2. The first-order valence-electron chi connectivity index (χ1n) is 9.78. The third kappa shape index (κ3) is 5.30. The number of benzene rings is 3. The Kier molecular flexibility index (Phi) is 5.91. The van der Waals surface area contributed by atoms with Gasteiger partial charge in [-0.1, -0.05) is 18.2 Å². The van der Waals surface area contributed by atoms with Crippen molar-refractivity contribution in [3.63, 3.8) is 0 Å². The first kappa shape index (κ1) is 21.5. The van der Waals surface area contributed by atoms with Crippen molar-refractivity contribution in [1.29, 1.82) is 0 Å². The molecule has 0 radical (unpaired) electrons. The SMILES string of the molecule is Cc1ccc(C(=O)Nc2cccc(COc3ccc4c(c3)OCO4)c2)cc1NS(C)(=O)=O. The fourth-order valence-corrected chi connectivity index (χ4v) is 3.77. The monoisotopic (exact) mass is 454 g/mol. The molecule has 0 unspecified atom stereocenters. The first-order chi connectivity index (χ1) is 15.3. The average molecular weight is 455 g/mol. The van der Waals surface area contributed by atoms with Gasteiger partial charge in [0.15, 0.2) is 11.5 Å². The van der Waals surface area contributed by atoms with E-state index in [1.54, 1.807) is 43.3 Å². The predicted molar refractivity (Wildman–Crippen MR) is 121 cm³/mol. The van der Waals surface area contributed by atoms with Gasteiger partial charge in [-0.2, -0.15) is 0 Å². The Hall–Kier alpha value is -3.72. The lowest BCUT2D eigenvalue weighted by atomic mass is 10.1. The maximum Gasteiger partial charge on any atom is 0.255 e. The molecule has 8 nitrogen and oxygen atoms in total. The Labute approximate surface area is 186 Å². The minimum atomic E-state index is -3.45. The van der Waals surface area contributed by atoms with E-state index < -0.39 is 10.0 Å². The molecule has 0 saturated heterocycles. The molecule has 2 N–H and O–H groups in total. The Morgan fingerprint density at radius 3 is 2.66 bits per heavy atom. The molecule has 1 aliphatic rings. The van der Waals surface area contributed by atoms with E-state index >= 15 is 0 Å². The molecule has 1 amide bonds. The van der Waals surface area contributed by atoms with Crippen molar-refractivity contribution in [2.45, 2.75) is 13.5 Å². The van der Waals surface area contributed by atoms with Crippen LogP contribution in [0, 0.1) is 6.92 Å². The number of aryl methyl sites for hydroxylation is 1. The standard InChI is InChI=1S/C23H22N2O6S/c1-15-6-7-17(11-20(15)25-32(2,27)28)23(26)24-18-5-3-4-16(10-18)13-29-19-8-9-21-22(12-19)31-14-30-21/h3-12,25H,13-14H2,1-2H3,(H,24,26). The number of rotatable bonds is 7. The van der Waals surface area contributed by atoms with Gasteiger partial charge < -0.3 is 19.5 Å². The van der Waals surface area contributed by atoms with Crippen LogP contribution in [0.15, 0.2) is 60.7 Å². The second kappa shape index (κ2) is 8.80. The number of amides is 1. The van der Waals surface area contributed by atoms with Gasteiger partial charge in [0.2, 0.25) is 16.8 Å². The molecule has 4 rings (SSSR count). The number of nitrogens with one attached hydrogen (secondary N) is 2. The van der Waals surface area contributed by atoms with Gasteiger partial charge in [-0.15, -0.1) is 0 Å². The van der Waals surface area contributed by atoms with Gasteiger partial charge >= 0.3 is 0 Å². The van der Waals surface area contributed by atoms with Crippen molar-refractivity contribution in [3.05, 3.63) is 77.4 Å². The van der Waals surface area contributed by atoms with Gasteiger partial charge in [-0.05, 0) is 54.4 Å². The molecule has 0 atom stereocenters. The van der Waals surface area contributed by atoms with Gasteiger partial charge in [0.05, 0.1) is 11.9 Å². The summed E-state index contributed by atoms with van der Waals surface area (Å²) < 4.78 is 42.0. The second-order valence-electron chi connectivity index (χ2n) is 7.36. The van der Waals surface area contributed by atoms with Crippen LogP contribution in [0.2, 0.25) is 0 Å². The van der Waals surface area contributed by atoms with Crippen LogP contribution in [0.5, 0.6) is 17.2 Å². The topological polar surface area (TPSA) is 103 Å². The van der Waals surface area contributed by atoms with Crippen LogP contribution >= 0.6 is 0 Å². The van der Waals surface area contributed by atoms with E-state index in [4.69, 9.17) is 14.2 Å². The lowest BCUT2D eigenvalue weighted by Crippen LogP contribution is -2.15. The summed E-state index contributed by atoms with van der Waals surface area (Å²) in [4.78, 5) is 12.7. The van der Waals surface area contributed by atoms with Crippen LogP contribution in [-0.2, 0) is 16.6 Å². The quantitative estimate of drug-likeness (QED) is 0.561. The lowest BCUT2D eigenvalue weighted by molar-refractivity contribution is 0.102. The molecule has 0 bridgehead atoms. The molecule has 0 saturated carbocycles. The van der Waals surface area contributed by atoms with E-state index in [2.05, 4.69) is 10.0 Å². The molecule has 9 heteroatoms. The number of hydrogen-bond donors (Lipinski definition) is 2. The molecular weight excluding hydrogens is 432 g/mol. The summed E-state index contributed by atoms with van der Waals surface area (Å²) in [5.74, 6) is 1.63. The number of sulfonamides is 1.